The van der Waals surface area contributed by atoms with E-state index >= 15 is 0 Å². The largest absolute Gasteiger partial charge is 0.365 e. The molecule has 0 bridgehead atoms. The Bertz CT molecular complexity index is 1430. The second-order valence-corrected chi connectivity index (χ2v) is 9.38. The van der Waals surface area contributed by atoms with E-state index in [9.17, 15) is 0 Å². The van der Waals surface area contributed by atoms with Crippen LogP contribution in [0.3, 0.4) is 0 Å². The average molecular weight is 479 g/mol. The zero-order valence-corrected chi connectivity index (χ0v) is 20.5. The van der Waals surface area contributed by atoms with E-state index in [0.717, 1.165) is 68.0 Å². The van der Waals surface area contributed by atoms with Gasteiger partial charge in [-0.1, -0.05) is 36.4 Å². The van der Waals surface area contributed by atoms with Crippen LogP contribution in [0.25, 0.3) is 16.6 Å². The van der Waals surface area contributed by atoms with E-state index in [0.29, 0.717) is 0 Å². The zero-order chi connectivity index (χ0) is 24.3. The molecule has 0 N–H and O–H groups in total. The smallest absolute Gasteiger partial charge is 0.225 e. The predicted molar refractivity (Wildman–Crippen MR) is 142 cm³/mol. The fraction of sp³-hybridized carbons (Fsp3) is 0.286. The molecule has 0 saturated carbocycles. The van der Waals surface area contributed by atoms with E-state index in [2.05, 4.69) is 78.6 Å². The van der Waals surface area contributed by atoms with Gasteiger partial charge in [-0.3, -0.25) is 4.68 Å². The maximum absolute atomic E-state index is 4.68. The first-order chi connectivity index (χ1) is 17.7. The molecule has 0 atom stereocenters. The number of piperazine rings is 1. The molecule has 1 aliphatic heterocycles. The highest BCUT2D eigenvalue weighted by Gasteiger charge is 2.21. The molecule has 4 aromatic heterocycles. The van der Waals surface area contributed by atoms with Crippen molar-refractivity contribution in [1.29, 1.82) is 0 Å². The Morgan fingerprint density at radius 2 is 1.44 bits per heavy atom. The summed E-state index contributed by atoms with van der Waals surface area (Å²) in [4.78, 5) is 14.0. The minimum absolute atomic E-state index is 0.822. The molecular weight excluding hydrogens is 448 g/mol. The summed E-state index contributed by atoms with van der Waals surface area (Å²) in [6.07, 6.45) is 15.1. The van der Waals surface area contributed by atoms with Crippen LogP contribution in [-0.4, -0.2) is 55.5 Å². The van der Waals surface area contributed by atoms with Crippen LogP contribution in [-0.2, 0) is 19.9 Å². The summed E-state index contributed by atoms with van der Waals surface area (Å²) in [5, 5.41) is 8.90. The van der Waals surface area contributed by atoms with E-state index in [1.54, 1.807) is 0 Å². The summed E-state index contributed by atoms with van der Waals surface area (Å²) in [6, 6.07) is 14.9. The van der Waals surface area contributed by atoms with Gasteiger partial charge in [0.25, 0.3) is 0 Å². The monoisotopic (exact) mass is 478 g/mol. The van der Waals surface area contributed by atoms with Crippen LogP contribution < -0.4 is 9.80 Å². The van der Waals surface area contributed by atoms with Crippen molar-refractivity contribution in [2.45, 2.75) is 19.3 Å². The van der Waals surface area contributed by atoms with Crippen molar-refractivity contribution in [3.63, 3.8) is 0 Å². The van der Waals surface area contributed by atoms with E-state index in [1.807, 2.05) is 47.2 Å². The highest BCUT2D eigenvalue weighted by Crippen LogP contribution is 2.26. The molecule has 1 aromatic carbocycles. The molecule has 0 unspecified atom stereocenters. The number of aromatic nitrogens is 6. The highest BCUT2D eigenvalue weighted by atomic mass is 15.3. The molecule has 182 valence electrons. The molecule has 0 aliphatic carbocycles. The van der Waals surface area contributed by atoms with Crippen molar-refractivity contribution in [2.24, 2.45) is 7.05 Å². The molecule has 0 spiro atoms. The van der Waals surface area contributed by atoms with Gasteiger partial charge in [-0.2, -0.15) is 10.2 Å². The number of hydrogen-bond donors (Lipinski definition) is 0. The minimum atomic E-state index is 0.822. The molecule has 6 rings (SSSR count). The number of hydrogen-bond acceptors (Lipinski definition) is 6. The Kier molecular flexibility index (Phi) is 6.07. The lowest BCUT2D eigenvalue weighted by Gasteiger charge is -2.35. The summed E-state index contributed by atoms with van der Waals surface area (Å²) in [5.74, 6) is 0.822. The summed E-state index contributed by atoms with van der Waals surface area (Å²) in [5.41, 5.74) is 7.07. The number of fused-ring (bicyclic) bond motifs is 1. The van der Waals surface area contributed by atoms with Crippen LogP contribution in [0.2, 0.25) is 0 Å². The number of anilines is 2. The van der Waals surface area contributed by atoms with Crippen LogP contribution in [0.5, 0.6) is 0 Å². The summed E-state index contributed by atoms with van der Waals surface area (Å²) in [7, 11) is 1.93. The first-order valence-electron chi connectivity index (χ1n) is 12.5. The third-order valence-electron chi connectivity index (χ3n) is 6.90. The van der Waals surface area contributed by atoms with E-state index in [4.69, 9.17) is 0 Å². The van der Waals surface area contributed by atoms with E-state index < -0.39 is 0 Å². The van der Waals surface area contributed by atoms with Gasteiger partial charge in [0, 0.05) is 69.1 Å². The fourth-order valence-corrected chi connectivity index (χ4v) is 4.88. The number of benzene rings is 1. The Hall–Kier alpha value is -4.20. The quantitative estimate of drug-likeness (QED) is 0.352. The highest BCUT2D eigenvalue weighted by molar-refractivity contribution is 5.75. The van der Waals surface area contributed by atoms with Gasteiger partial charge < -0.3 is 9.80 Å². The molecule has 0 amide bonds. The van der Waals surface area contributed by atoms with Crippen molar-refractivity contribution in [1.82, 2.24) is 29.4 Å². The van der Waals surface area contributed by atoms with E-state index in [-0.39, 0.29) is 0 Å². The second-order valence-electron chi connectivity index (χ2n) is 9.38. The zero-order valence-electron chi connectivity index (χ0n) is 20.5. The van der Waals surface area contributed by atoms with Gasteiger partial charge in [-0.25, -0.2) is 14.5 Å². The lowest BCUT2D eigenvalue weighted by molar-refractivity contribution is 0.640. The van der Waals surface area contributed by atoms with Gasteiger partial charge in [0.05, 0.1) is 23.6 Å². The molecule has 8 nitrogen and oxygen atoms in total. The lowest BCUT2D eigenvalue weighted by Crippen LogP contribution is -2.47. The van der Waals surface area contributed by atoms with Crippen molar-refractivity contribution in [2.75, 3.05) is 36.0 Å². The van der Waals surface area contributed by atoms with Gasteiger partial charge in [-0.15, -0.1) is 0 Å². The Morgan fingerprint density at radius 1 is 0.694 bits per heavy atom. The van der Waals surface area contributed by atoms with Crippen molar-refractivity contribution in [3.8, 4) is 11.1 Å². The number of nitrogens with zero attached hydrogens (tertiary/aromatic N) is 8. The third kappa shape index (κ3) is 4.66. The van der Waals surface area contributed by atoms with Crippen molar-refractivity contribution < 1.29 is 0 Å². The minimum Gasteiger partial charge on any atom is -0.365 e. The summed E-state index contributed by atoms with van der Waals surface area (Å²) < 4.78 is 3.78. The molecule has 0 radical (unpaired) electrons. The van der Waals surface area contributed by atoms with E-state index in [1.165, 1.54) is 16.8 Å². The van der Waals surface area contributed by atoms with Gasteiger partial charge in [-0.05, 0) is 36.5 Å². The summed E-state index contributed by atoms with van der Waals surface area (Å²) >= 11 is 0. The Morgan fingerprint density at radius 3 is 2.19 bits per heavy atom. The lowest BCUT2D eigenvalue weighted by atomic mass is 10.1. The van der Waals surface area contributed by atoms with Crippen LogP contribution in [0, 0.1) is 0 Å². The molecule has 36 heavy (non-hydrogen) atoms. The fourth-order valence-electron chi connectivity index (χ4n) is 4.88. The predicted octanol–water partition coefficient (Wildman–Crippen LogP) is 4.03. The molecule has 1 aliphatic rings. The molecule has 8 heteroatoms. The maximum Gasteiger partial charge on any atom is 0.225 e. The average Bonchev–Trinajstić information content (AvgIpc) is 3.56. The third-order valence-corrected chi connectivity index (χ3v) is 6.90. The maximum atomic E-state index is 4.68. The van der Waals surface area contributed by atoms with Crippen LogP contribution in [0.1, 0.15) is 17.5 Å². The SMILES string of the molecule is Cn1cc(-c2ccc3c(N4CCN(c5ncc(CCCc6ccccc6)cn5)CC4)cnn3c2)cn1. The van der Waals surface area contributed by atoms with Crippen LogP contribution in [0.15, 0.2) is 79.6 Å². The van der Waals surface area contributed by atoms with Crippen molar-refractivity contribution in [3.05, 3.63) is 90.8 Å². The molecule has 1 saturated heterocycles. The van der Waals surface area contributed by atoms with Gasteiger partial charge in [0.2, 0.25) is 5.95 Å². The van der Waals surface area contributed by atoms with Crippen LogP contribution >= 0.6 is 0 Å². The molecule has 1 fully saturated rings. The second kappa shape index (κ2) is 9.81. The van der Waals surface area contributed by atoms with Gasteiger partial charge in [0.1, 0.15) is 0 Å². The van der Waals surface area contributed by atoms with Gasteiger partial charge in [0.15, 0.2) is 0 Å². The molecular formula is C28H30N8. The molecule has 5 aromatic rings. The Labute approximate surface area is 210 Å². The Balaban J connectivity index is 1.06. The van der Waals surface area contributed by atoms with Crippen molar-refractivity contribution >= 4 is 17.2 Å². The number of pyridine rings is 1. The van der Waals surface area contributed by atoms with Crippen LogP contribution in [0.4, 0.5) is 11.6 Å². The standard InChI is InChI=1S/C28H30N8/c1-33-20-25(18-31-33)24-10-11-26-27(19-32-36(26)21-24)34-12-14-35(15-13-34)28-29-16-23(17-30-28)9-5-8-22-6-3-2-4-7-22/h2-4,6-7,10-11,16-21H,5,8-9,12-15H2,1H3. The first-order valence-corrected chi connectivity index (χ1v) is 12.5. The number of aryl methyl sites for hydroxylation is 3. The normalized spacial score (nSPS) is 14.0. The topological polar surface area (TPSA) is 67.4 Å². The van der Waals surface area contributed by atoms with Gasteiger partial charge >= 0.3 is 0 Å². The summed E-state index contributed by atoms with van der Waals surface area (Å²) in [6.45, 7) is 3.60. The first kappa shape index (κ1) is 22.3. The molecule has 5 heterocycles. The number of rotatable bonds is 7.